The summed E-state index contributed by atoms with van der Waals surface area (Å²) in [6.45, 7) is 0. The molecule has 2 aromatic heterocycles. The lowest BCUT2D eigenvalue weighted by molar-refractivity contribution is 0.162. The highest BCUT2D eigenvalue weighted by Gasteiger charge is 2.10. The van der Waals surface area contributed by atoms with Gasteiger partial charge in [-0.15, -0.1) is 5.10 Å². The third kappa shape index (κ3) is 1.41. The second kappa shape index (κ2) is 3.59. The topological polar surface area (TPSA) is 92.9 Å². The molecular weight excluding hydrogens is 236 g/mol. The van der Waals surface area contributed by atoms with E-state index in [2.05, 4.69) is 10.1 Å². The molecule has 18 heavy (non-hydrogen) atoms. The van der Waals surface area contributed by atoms with Crippen LogP contribution in [0.3, 0.4) is 0 Å². The Bertz CT molecular complexity index is 829. The van der Waals surface area contributed by atoms with Crippen LogP contribution in [0.4, 0.5) is 0 Å². The summed E-state index contributed by atoms with van der Waals surface area (Å²) in [4.78, 5) is 25.2. The average molecular weight is 244 g/mol. The Labute approximate surface area is 99.5 Å². The summed E-state index contributed by atoms with van der Waals surface area (Å²) in [6, 6.07) is 9.13. The number of H-pyrrole nitrogens is 1. The summed E-state index contributed by atoms with van der Waals surface area (Å²) in [6.07, 6.45) is 1.45. The van der Waals surface area contributed by atoms with Crippen LogP contribution in [0.2, 0.25) is 0 Å². The lowest BCUT2D eigenvalue weighted by Crippen LogP contribution is -2.32. The van der Waals surface area contributed by atoms with Crippen LogP contribution < -0.4 is 11.2 Å². The summed E-state index contributed by atoms with van der Waals surface area (Å²) in [5.74, 6) is 0. The summed E-state index contributed by atoms with van der Waals surface area (Å²) in [7, 11) is 0. The first kappa shape index (κ1) is 10.3. The van der Waals surface area contributed by atoms with Gasteiger partial charge in [-0.1, -0.05) is 22.9 Å². The van der Waals surface area contributed by atoms with Crippen LogP contribution >= 0.6 is 0 Å². The van der Waals surface area contributed by atoms with Crippen molar-refractivity contribution in [3.05, 3.63) is 57.4 Å². The number of aromatic amines is 1. The maximum Gasteiger partial charge on any atom is 0.363 e. The number of nitrogens with one attached hydrogen (secondary N) is 1. The van der Waals surface area contributed by atoms with Gasteiger partial charge in [-0.25, -0.2) is 9.48 Å². The SMILES string of the molecule is O=c1[nH]c2nn(-c3ccccc3)cc2c(=O)n1O. The predicted molar refractivity (Wildman–Crippen MR) is 63.1 cm³/mol. The van der Waals surface area contributed by atoms with Gasteiger partial charge in [0.2, 0.25) is 0 Å². The Balaban J connectivity index is 2.34. The number of nitrogens with zero attached hydrogens (tertiary/aromatic N) is 3. The van der Waals surface area contributed by atoms with Crippen molar-refractivity contribution in [2.24, 2.45) is 0 Å². The molecule has 0 fully saturated rings. The van der Waals surface area contributed by atoms with E-state index in [1.54, 1.807) is 0 Å². The Hall–Kier alpha value is -2.83. The molecule has 0 unspecified atom stereocenters. The van der Waals surface area contributed by atoms with Gasteiger partial charge in [-0.2, -0.15) is 0 Å². The molecule has 0 bridgehead atoms. The highest BCUT2D eigenvalue weighted by atomic mass is 16.5. The molecule has 2 N–H and O–H groups in total. The number of benzene rings is 1. The fraction of sp³-hybridized carbons (Fsp3) is 0. The van der Waals surface area contributed by atoms with Crippen molar-refractivity contribution in [1.29, 1.82) is 0 Å². The van der Waals surface area contributed by atoms with E-state index in [4.69, 9.17) is 0 Å². The summed E-state index contributed by atoms with van der Waals surface area (Å²) >= 11 is 0. The smallest absolute Gasteiger partial charge is 0.363 e. The number of hydrogen-bond acceptors (Lipinski definition) is 4. The maximum absolute atomic E-state index is 11.6. The Morgan fingerprint density at radius 3 is 2.61 bits per heavy atom. The molecule has 0 aliphatic carbocycles. The van der Waals surface area contributed by atoms with E-state index in [1.807, 2.05) is 30.3 Å². The van der Waals surface area contributed by atoms with E-state index in [1.165, 1.54) is 10.9 Å². The zero-order valence-corrected chi connectivity index (χ0v) is 9.07. The van der Waals surface area contributed by atoms with Gasteiger partial charge in [0.05, 0.1) is 5.69 Å². The Morgan fingerprint density at radius 2 is 1.89 bits per heavy atom. The lowest BCUT2D eigenvalue weighted by atomic mass is 10.3. The molecule has 2 heterocycles. The first-order valence-corrected chi connectivity index (χ1v) is 5.16. The van der Waals surface area contributed by atoms with E-state index in [0.717, 1.165) is 5.69 Å². The maximum atomic E-state index is 11.6. The molecule has 3 aromatic rings. The minimum atomic E-state index is -0.911. The minimum absolute atomic E-state index is 0.0271. The fourth-order valence-electron chi connectivity index (χ4n) is 1.70. The van der Waals surface area contributed by atoms with Crippen molar-refractivity contribution in [3.63, 3.8) is 0 Å². The molecular formula is C11H8N4O3. The molecule has 0 aliphatic heterocycles. The molecule has 0 aliphatic rings. The van der Waals surface area contributed by atoms with Gasteiger partial charge in [0, 0.05) is 6.20 Å². The van der Waals surface area contributed by atoms with Crippen LogP contribution in [0.1, 0.15) is 0 Å². The van der Waals surface area contributed by atoms with Crippen molar-refractivity contribution in [2.45, 2.75) is 0 Å². The van der Waals surface area contributed by atoms with Gasteiger partial charge in [0.15, 0.2) is 5.65 Å². The summed E-state index contributed by atoms with van der Waals surface area (Å²) in [5, 5.41) is 13.4. The Kier molecular flexibility index (Phi) is 2.06. The largest absolute Gasteiger partial charge is 0.421 e. The third-order valence-corrected chi connectivity index (χ3v) is 2.58. The number of fused-ring (bicyclic) bond motifs is 1. The second-order valence-electron chi connectivity index (χ2n) is 3.72. The average Bonchev–Trinajstić information content (AvgIpc) is 2.81. The molecule has 0 saturated carbocycles. The van der Waals surface area contributed by atoms with Crippen LogP contribution in [0.15, 0.2) is 46.1 Å². The lowest BCUT2D eigenvalue weighted by Gasteiger charge is -1.97. The van der Waals surface area contributed by atoms with Crippen molar-refractivity contribution in [3.8, 4) is 5.69 Å². The van der Waals surface area contributed by atoms with Crippen molar-refractivity contribution in [2.75, 3.05) is 0 Å². The van der Waals surface area contributed by atoms with Gasteiger partial charge >= 0.3 is 11.2 Å². The molecule has 1 aromatic carbocycles. The first-order valence-electron chi connectivity index (χ1n) is 5.16. The van der Waals surface area contributed by atoms with E-state index >= 15 is 0 Å². The highest BCUT2D eigenvalue weighted by molar-refractivity contribution is 5.72. The van der Waals surface area contributed by atoms with Gasteiger partial charge in [0.25, 0.3) is 0 Å². The monoisotopic (exact) mass is 244 g/mol. The van der Waals surface area contributed by atoms with Crippen molar-refractivity contribution in [1.82, 2.24) is 19.5 Å². The van der Waals surface area contributed by atoms with Gasteiger partial charge < -0.3 is 5.21 Å². The molecule has 3 rings (SSSR count). The van der Waals surface area contributed by atoms with Gasteiger partial charge in [-0.05, 0) is 12.1 Å². The second-order valence-corrected chi connectivity index (χ2v) is 3.72. The van der Waals surface area contributed by atoms with Crippen LogP contribution in [0, 0.1) is 0 Å². The van der Waals surface area contributed by atoms with E-state index in [-0.39, 0.29) is 15.8 Å². The normalized spacial score (nSPS) is 10.9. The molecule has 0 radical (unpaired) electrons. The molecule has 90 valence electrons. The summed E-state index contributed by atoms with van der Waals surface area (Å²) in [5.41, 5.74) is -0.820. The number of aromatic nitrogens is 4. The van der Waals surface area contributed by atoms with E-state index in [9.17, 15) is 14.8 Å². The fourth-order valence-corrected chi connectivity index (χ4v) is 1.70. The van der Waals surface area contributed by atoms with Crippen LogP contribution in [0.5, 0.6) is 0 Å². The molecule has 0 saturated heterocycles. The third-order valence-electron chi connectivity index (χ3n) is 2.58. The highest BCUT2D eigenvalue weighted by Crippen LogP contribution is 2.09. The van der Waals surface area contributed by atoms with Crippen LogP contribution in [-0.2, 0) is 0 Å². The van der Waals surface area contributed by atoms with E-state index < -0.39 is 11.2 Å². The minimum Gasteiger partial charge on any atom is -0.421 e. The number of para-hydroxylation sites is 1. The van der Waals surface area contributed by atoms with Crippen molar-refractivity contribution >= 4 is 11.0 Å². The molecule has 7 nitrogen and oxygen atoms in total. The molecule has 0 amide bonds. The number of hydrogen-bond donors (Lipinski definition) is 2. The van der Waals surface area contributed by atoms with Gasteiger partial charge in [0.1, 0.15) is 5.39 Å². The summed E-state index contributed by atoms with van der Waals surface area (Å²) < 4.78 is 1.49. The molecule has 0 atom stereocenters. The molecule has 0 spiro atoms. The first-order chi connectivity index (χ1) is 8.66. The quantitative estimate of drug-likeness (QED) is 0.594. The predicted octanol–water partition coefficient (Wildman–Crippen LogP) is 0.113. The zero-order chi connectivity index (χ0) is 12.7. The van der Waals surface area contributed by atoms with Crippen molar-refractivity contribution < 1.29 is 5.21 Å². The van der Waals surface area contributed by atoms with Gasteiger partial charge in [-0.3, -0.25) is 9.78 Å². The standard InChI is InChI=1S/C11H8N4O3/c16-10-8-6-14(7-4-2-1-3-5-7)13-9(8)12-11(17)15(10)18/h1-6,18H,(H,12,13,17). The Morgan fingerprint density at radius 1 is 1.17 bits per heavy atom. The van der Waals surface area contributed by atoms with Crippen LogP contribution in [0.25, 0.3) is 16.7 Å². The zero-order valence-electron chi connectivity index (χ0n) is 9.07. The van der Waals surface area contributed by atoms with Crippen LogP contribution in [-0.4, -0.2) is 24.7 Å². The number of rotatable bonds is 1. The van der Waals surface area contributed by atoms with E-state index in [0.29, 0.717) is 0 Å². The molecule has 7 heteroatoms.